The summed E-state index contributed by atoms with van der Waals surface area (Å²) in [6.07, 6.45) is 0.849. The number of halogens is 1. The third-order valence-corrected chi connectivity index (χ3v) is 5.28. The number of rotatable bonds is 14. The quantitative estimate of drug-likeness (QED) is 0.299. The highest BCUT2D eigenvalue weighted by Gasteiger charge is 2.21. The molecule has 0 saturated carbocycles. The van der Waals surface area contributed by atoms with E-state index in [9.17, 15) is 14.4 Å². The zero-order chi connectivity index (χ0) is 24.8. The molecule has 0 fully saturated rings. The highest BCUT2D eigenvalue weighted by Crippen LogP contribution is 2.15. The predicted octanol–water partition coefficient (Wildman–Crippen LogP) is 2.25. The van der Waals surface area contributed by atoms with Crippen molar-refractivity contribution in [2.45, 2.75) is 44.6 Å². The molecule has 0 aliphatic heterocycles. The molecule has 184 valence electrons. The summed E-state index contributed by atoms with van der Waals surface area (Å²) in [5.41, 5.74) is 12.9. The van der Waals surface area contributed by atoms with Crippen molar-refractivity contribution < 1.29 is 23.9 Å². The van der Waals surface area contributed by atoms with Gasteiger partial charge in [-0.15, -0.1) is 0 Å². The van der Waals surface area contributed by atoms with Crippen LogP contribution in [-0.4, -0.2) is 43.1 Å². The lowest BCUT2D eigenvalue weighted by atomic mass is 10.1. The lowest BCUT2D eigenvalue weighted by Crippen LogP contribution is -2.51. The topological polar surface area (TPSA) is 146 Å². The molecule has 2 atom stereocenters. The van der Waals surface area contributed by atoms with Crippen molar-refractivity contribution in [1.29, 1.82) is 0 Å². The maximum Gasteiger partial charge on any atom is 0.407 e. The molecule has 34 heavy (non-hydrogen) atoms. The average molecular weight is 491 g/mol. The van der Waals surface area contributed by atoms with Crippen molar-refractivity contribution in [2.24, 2.45) is 11.5 Å². The first-order chi connectivity index (χ1) is 16.4. The van der Waals surface area contributed by atoms with Gasteiger partial charge in [0.1, 0.15) is 18.7 Å². The Bertz CT molecular complexity index is 929. The van der Waals surface area contributed by atoms with Gasteiger partial charge < -0.3 is 31.6 Å². The third kappa shape index (κ3) is 10.2. The molecule has 2 aromatic carbocycles. The highest BCUT2D eigenvalue weighted by molar-refractivity contribution is 6.31. The monoisotopic (exact) mass is 490 g/mol. The van der Waals surface area contributed by atoms with Gasteiger partial charge in [0.2, 0.25) is 11.8 Å². The number of unbranched alkanes of at least 4 members (excludes halogenated alkanes) is 1. The van der Waals surface area contributed by atoms with Crippen molar-refractivity contribution in [2.75, 3.05) is 13.2 Å². The van der Waals surface area contributed by atoms with Crippen LogP contribution in [-0.2, 0) is 32.3 Å². The van der Waals surface area contributed by atoms with E-state index in [0.717, 1.165) is 5.56 Å². The van der Waals surface area contributed by atoms with Gasteiger partial charge in [0, 0.05) is 17.1 Å². The molecule has 0 bridgehead atoms. The number of nitrogens with one attached hydrogen (secondary N) is 2. The largest absolute Gasteiger partial charge is 0.445 e. The molecule has 0 spiro atoms. The third-order valence-electron chi connectivity index (χ3n) is 4.91. The zero-order valence-corrected chi connectivity index (χ0v) is 19.6. The number of carbonyl (C=O) groups excluding carboxylic acids is 3. The van der Waals surface area contributed by atoms with Crippen molar-refractivity contribution in [1.82, 2.24) is 10.6 Å². The van der Waals surface area contributed by atoms with Gasteiger partial charge in [-0.25, -0.2) is 4.79 Å². The second-order valence-corrected chi connectivity index (χ2v) is 8.07. The number of benzene rings is 2. The molecule has 2 aromatic rings. The second kappa shape index (κ2) is 14.9. The van der Waals surface area contributed by atoms with Gasteiger partial charge in [-0.3, -0.25) is 9.59 Å². The predicted molar refractivity (Wildman–Crippen MR) is 129 cm³/mol. The number of hydrogen-bond donors (Lipinski definition) is 4. The molecular weight excluding hydrogens is 460 g/mol. The van der Waals surface area contributed by atoms with Crippen LogP contribution in [0.3, 0.4) is 0 Å². The Hall–Kier alpha value is -3.14. The highest BCUT2D eigenvalue weighted by atomic mass is 35.5. The Morgan fingerprint density at radius 2 is 1.68 bits per heavy atom. The molecular formula is C24H31ClN4O5. The molecule has 10 heteroatoms. The van der Waals surface area contributed by atoms with Gasteiger partial charge >= 0.3 is 6.09 Å². The fraction of sp³-hybridized carbons (Fsp3) is 0.375. The normalized spacial score (nSPS) is 12.4. The first-order valence-corrected chi connectivity index (χ1v) is 11.4. The zero-order valence-electron chi connectivity index (χ0n) is 18.9. The molecule has 0 heterocycles. The van der Waals surface area contributed by atoms with E-state index in [1.54, 1.807) is 24.3 Å². The van der Waals surface area contributed by atoms with Crippen LogP contribution < -0.4 is 22.1 Å². The van der Waals surface area contributed by atoms with Crippen molar-refractivity contribution in [3.63, 3.8) is 0 Å². The molecule has 0 radical (unpaired) electrons. The van der Waals surface area contributed by atoms with Crippen LogP contribution in [0.2, 0.25) is 5.02 Å². The van der Waals surface area contributed by atoms with E-state index in [1.807, 2.05) is 30.3 Å². The number of primary amides is 1. The van der Waals surface area contributed by atoms with Crippen LogP contribution in [0, 0.1) is 0 Å². The molecule has 0 aliphatic carbocycles. The SMILES string of the molecule is NC(=O)[C@H](CCCCNC(=O)OCc1ccccc1Cl)NC(=O)[C@@H](N)COCc1ccccc1. The minimum atomic E-state index is -0.930. The minimum Gasteiger partial charge on any atom is -0.445 e. The molecule has 0 unspecified atom stereocenters. The number of carbonyl (C=O) groups is 3. The van der Waals surface area contributed by atoms with E-state index in [-0.39, 0.29) is 13.2 Å². The first-order valence-electron chi connectivity index (χ1n) is 11.0. The summed E-state index contributed by atoms with van der Waals surface area (Å²) in [4.78, 5) is 35.8. The summed E-state index contributed by atoms with van der Waals surface area (Å²) in [6, 6.07) is 14.8. The summed E-state index contributed by atoms with van der Waals surface area (Å²) in [5, 5.41) is 5.72. The fourth-order valence-electron chi connectivity index (χ4n) is 2.99. The standard InChI is InChI=1S/C24H31ClN4O5/c25-19-11-5-4-10-18(19)15-34-24(32)28-13-7-6-12-21(22(27)30)29-23(31)20(26)16-33-14-17-8-2-1-3-9-17/h1-5,8-11,20-21H,6-7,12-16,26H2,(H2,27,30)(H,28,32)(H,29,31)/t20-,21-/m0/s1. The maximum atomic E-state index is 12.3. The Morgan fingerprint density at radius 1 is 0.971 bits per heavy atom. The van der Waals surface area contributed by atoms with E-state index < -0.39 is 30.0 Å². The average Bonchev–Trinajstić information content (AvgIpc) is 2.83. The molecule has 2 rings (SSSR count). The van der Waals surface area contributed by atoms with Crippen molar-refractivity contribution >= 4 is 29.5 Å². The lowest BCUT2D eigenvalue weighted by molar-refractivity contribution is -0.129. The van der Waals surface area contributed by atoms with Crippen LogP contribution in [0.1, 0.15) is 30.4 Å². The van der Waals surface area contributed by atoms with Gasteiger partial charge in [0.05, 0.1) is 13.2 Å². The Kier molecular flexibility index (Phi) is 11.9. The molecule has 3 amide bonds. The smallest absolute Gasteiger partial charge is 0.407 e. The first kappa shape index (κ1) is 27.1. The summed E-state index contributed by atoms with van der Waals surface area (Å²) >= 11 is 6.02. The van der Waals surface area contributed by atoms with E-state index in [1.165, 1.54) is 0 Å². The van der Waals surface area contributed by atoms with Crippen LogP contribution >= 0.6 is 11.6 Å². The number of amides is 3. The van der Waals surface area contributed by atoms with E-state index in [0.29, 0.717) is 43.0 Å². The number of hydrogen-bond acceptors (Lipinski definition) is 6. The van der Waals surface area contributed by atoms with Gasteiger partial charge in [-0.1, -0.05) is 60.1 Å². The van der Waals surface area contributed by atoms with Crippen molar-refractivity contribution in [3.8, 4) is 0 Å². The Morgan fingerprint density at radius 3 is 2.38 bits per heavy atom. The van der Waals surface area contributed by atoms with Crippen LogP contribution in [0.5, 0.6) is 0 Å². The van der Waals surface area contributed by atoms with Gasteiger partial charge in [0.15, 0.2) is 0 Å². The van der Waals surface area contributed by atoms with Crippen LogP contribution in [0.15, 0.2) is 54.6 Å². The summed E-state index contributed by atoms with van der Waals surface area (Å²) < 4.78 is 10.6. The van der Waals surface area contributed by atoms with E-state index in [4.69, 9.17) is 32.5 Å². The molecule has 6 N–H and O–H groups in total. The van der Waals surface area contributed by atoms with Crippen molar-refractivity contribution in [3.05, 3.63) is 70.7 Å². The summed E-state index contributed by atoms with van der Waals surface area (Å²) in [7, 11) is 0. The lowest BCUT2D eigenvalue weighted by Gasteiger charge is -2.18. The van der Waals surface area contributed by atoms with E-state index in [2.05, 4.69) is 10.6 Å². The molecule has 9 nitrogen and oxygen atoms in total. The number of alkyl carbamates (subject to hydrolysis) is 1. The van der Waals surface area contributed by atoms with E-state index >= 15 is 0 Å². The minimum absolute atomic E-state index is 0.00638. The number of nitrogens with two attached hydrogens (primary N) is 2. The Balaban J connectivity index is 1.61. The molecule has 0 aromatic heterocycles. The Labute approximate surface area is 204 Å². The van der Waals surface area contributed by atoms with Gasteiger partial charge in [0.25, 0.3) is 0 Å². The summed E-state index contributed by atoms with van der Waals surface area (Å²) in [5.74, 6) is -1.17. The van der Waals surface area contributed by atoms with Gasteiger partial charge in [-0.05, 0) is 30.9 Å². The molecule has 0 saturated heterocycles. The molecule has 0 aliphatic rings. The van der Waals surface area contributed by atoms with Crippen LogP contribution in [0.25, 0.3) is 0 Å². The summed E-state index contributed by atoms with van der Waals surface area (Å²) in [6.45, 7) is 0.742. The van der Waals surface area contributed by atoms with Gasteiger partial charge in [-0.2, -0.15) is 0 Å². The van der Waals surface area contributed by atoms with Crippen LogP contribution in [0.4, 0.5) is 4.79 Å². The fourth-order valence-corrected chi connectivity index (χ4v) is 3.18. The second-order valence-electron chi connectivity index (χ2n) is 7.66. The number of ether oxygens (including phenoxy) is 2. The maximum absolute atomic E-state index is 12.3.